The van der Waals surface area contributed by atoms with Gasteiger partial charge in [0.1, 0.15) is 0 Å². The molecule has 0 aromatic heterocycles. The molecule has 1 heterocycles. The van der Waals surface area contributed by atoms with Crippen molar-refractivity contribution in [3.63, 3.8) is 0 Å². The van der Waals surface area contributed by atoms with Gasteiger partial charge in [-0.15, -0.1) is 0 Å². The second-order valence-electron chi connectivity index (χ2n) is 5.15. The van der Waals surface area contributed by atoms with Gasteiger partial charge in [0, 0.05) is 32.2 Å². The average molecular weight is 277 g/mol. The van der Waals surface area contributed by atoms with Crippen LogP contribution < -0.4 is 10.0 Å². The van der Waals surface area contributed by atoms with E-state index in [0.29, 0.717) is 25.7 Å². The lowest BCUT2D eigenvalue weighted by Crippen LogP contribution is -2.46. The van der Waals surface area contributed by atoms with E-state index in [9.17, 15) is 8.42 Å². The molecule has 1 aliphatic carbocycles. The quantitative estimate of drug-likeness (QED) is 0.624. The van der Waals surface area contributed by atoms with Crippen molar-refractivity contribution in [2.75, 3.05) is 45.6 Å². The van der Waals surface area contributed by atoms with Crippen LogP contribution in [0.3, 0.4) is 0 Å². The molecule has 0 radical (unpaired) electrons. The number of morpholine rings is 1. The molecule has 2 aliphatic rings. The summed E-state index contributed by atoms with van der Waals surface area (Å²) in [4.78, 5) is 2.15. The van der Waals surface area contributed by atoms with E-state index in [1.807, 2.05) is 7.05 Å². The molecule has 2 rings (SSSR count). The lowest BCUT2D eigenvalue weighted by atomic mass is 10.3. The zero-order valence-corrected chi connectivity index (χ0v) is 11.7. The molecule has 1 unspecified atom stereocenters. The molecule has 0 spiro atoms. The van der Waals surface area contributed by atoms with Crippen LogP contribution in [-0.2, 0) is 14.8 Å². The minimum Gasteiger partial charge on any atom is -0.374 e. The van der Waals surface area contributed by atoms with Crippen LogP contribution in [0.1, 0.15) is 12.8 Å². The lowest BCUT2D eigenvalue weighted by molar-refractivity contribution is -0.0156. The Morgan fingerprint density at radius 1 is 1.39 bits per heavy atom. The Hall–Kier alpha value is -0.210. The maximum Gasteiger partial charge on any atom is 0.212 e. The first kappa shape index (κ1) is 14.2. The molecule has 1 atom stereocenters. The number of hydrogen-bond acceptors (Lipinski definition) is 5. The Labute approximate surface area is 109 Å². The van der Waals surface area contributed by atoms with Crippen LogP contribution in [0.4, 0.5) is 0 Å². The molecular formula is C11H23N3O3S. The Morgan fingerprint density at radius 2 is 2.17 bits per heavy atom. The minimum atomic E-state index is -3.18. The molecule has 18 heavy (non-hydrogen) atoms. The van der Waals surface area contributed by atoms with E-state index in [0.717, 1.165) is 13.1 Å². The molecular weight excluding hydrogens is 254 g/mol. The Bertz CT molecular complexity index is 357. The van der Waals surface area contributed by atoms with Gasteiger partial charge in [0.15, 0.2) is 0 Å². The highest BCUT2D eigenvalue weighted by Crippen LogP contribution is 2.17. The third kappa shape index (κ3) is 5.19. The number of ether oxygens (including phenoxy) is 1. The molecule has 6 nitrogen and oxygen atoms in total. The predicted molar refractivity (Wildman–Crippen MR) is 70.1 cm³/mol. The average Bonchev–Trinajstić information content (AvgIpc) is 3.11. The van der Waals surface area contributed by atoms with Crippen LogP contribution in [0.5, 0.6) is 0 Å². The van der Waals surface area contributed by atoms with Crippen molar-refractivity contribution in [3.05, 3.63) is 0 Å². The van der Waals surface area contributed by atoms with Gasteiger partial charge < -0.3 is 15.0 Å². The van der Waals surface area contributed by atoms with Crippen LogP contribution in [0.15, 0.2) is 0 Å². The summed E-state index contributed by atoms with van der Waals surface area (Å²) in [5.74, 6) is 0.145. The molecule has 0 aromatic carbocycles. The molecule has 0 aromatic rings. The van der Waals surface area contributed by atoms with Crippen molar-refractivity contribution >= 4 is 10.0 Å². The Morgan fingerprint density at radius 3 is 2.83 bits per heavy atom. The van der Waals surface area contributed by atoms with Gasteiger partial charge in [0.2, 0.25) is 10.0 Å². The third-order valence-electron chi connectivity index (χ3n) is 3.25. The van der Waals surface area contributed by atoms with E-state index in [-0.39, 0.29) is 11.9 Å². The topological polar surface area (TPSA) is 70.7 Å². The number of hydrogen-bond donors (Lipinski definition) is 2. The normalized spacial score (nSPS) is 26.4. The Kier molecular flexibility index (Phi) is 4.97. The van der Waals surface area contributed by atoms with Crippen molar-refractivity contribution < 1.29 is 13.2 Å². The number of likely N-dealkylation sites (N-methyl/N-ethyl adjacent to an activating group) is 1. The second-order valence-corrected chi connectivity index (χ2v) is 7.08. The highest BCUT2D eigenvalue weighted by Gasteiger charge is 2.22. The van der Waals surface area contributed by atoms with E-state index in [1.165, 1.54) is 12.8 Å². The van der Waals surface area contributed by atoms with Crippen LogP contribution in [0, 0.1) is 0 Å². The van der Waals surface area contributed by atoms with Gasteiger partial charge in [-0.05, 0) is 19.9 Å². The first-order valence-electron chi connectivity index (χ1n) is 6.56. The first-order chi connectivity index (χ1) is 8.55. The second kappa shape index (κ2) is 6.29. The highest BCUT2D eigenvalue weighted by atomic mass is 32.2. The van der Waals surface area contributed by atoms with Crippen molar-refractivity contribution in [1.29, 1.82) is 0 Å². The van der Waals surface area contributed by atoms with Crippen LogP contribution >= 0.6 is 0 Å². The summed E-state index contributed by atoms with van der Waals surface area (Å²) >= 11 is 0. The maximum atomic E-state index is 11.7. The van der Waals surface area contributed by atoms with Gasteiger partial charge in [0.05, 0.1) is 18.5 Å². The molecule has 2 N–H and O–H groups in total. The first-order valence-corrected chi connectivity index (χ1v) is 8.21. The molecule has 1 saturated heterocycles. The van der Waals surface area contributed by atoms with Crippen molar-refractivity contribution in [2.24, 2.45) is 0 Å². The maximum absolute atomic E-state index is 11.7. The molecule has 0 bridgehead atoms. The zero-order valence-electron chi connectivity index (χ0n) is 10.9. The van der Waals surface area contributed by atoms with Gasteiger partial charge in [0.25, 0.3) is 0 Å². The summed E-state index contributed by atoms with van der Waals surface area (Å²) in [6.07, 6.45) is 2.32. The molecule has 7 heteroatoms. The molecule has 1 aliphatic heterocycles. The fourth-order valence-corrected chi connectivity index (χ4v) is 2.94. The summed E-state index contributed by atoms with van der Waals surface area (Å²) in [6, 6.07) is 0.551. The highest BCUT2D eigenvalue weighted by molar-refractivity contribution is 7.89. The van der Waals surface area contributed by atoms with Gasteiger partial charge in [-0.2, -0.15) is 0 Å². The van der Waals surface area contributed by atoms with Crippen molar-refractivity contribution in [3.8, 4) is 0 Å². The van der Waals surface area contributed by atoms with Gasteiger partial charge in [-0.25, -0.2) is 13.1 Å². The summed E-state index contributed by atoms with van der Waals surface area (Å²) in [7, 11) is -1.16. The number of rotatable bonds is 7. The summed E-state index contributed by atoms with van der Waals surface area (Å²) < 4.78 is 31.6. The van der Waals surface area contributed by atoms with E-state index in [1.54, 1.807) is 0 Å². The van der Waals surface area contributed by atoms with E-state index in [4.69, 9.17) is 4.74 Å². The van der Waals surface area contributed by atoms with Crippen LogP contribution in [0.25, 0.3) is 0 Å². The third-order valence-corrected chi connectivity index (χ3v) is 4.60. The number of nitrogens with one attached hydrogen (secondary N) is 2. The lowest BCUT2D eigenvalue weighted by Gasteiger charge is -2.30. The number of sulfonamides is 1. The minimum absolute atomic E-state index is 0.0325. The SMILES string of the molecule is CN1CCOC(CNS(=O)(=O)CCNC2CC2)C1. The fraction of sp³-hybridized carbons (Fsp3) is 1.00. The van der Waals surface area contributed by atoms with Crippen LogP contribution in [0.2, 0.25) is 0 Å². The fourth-order valence-electron chi connectivity index (χ4n) is 1.97. The summed E-state index contributed by atoms with van der Waals surface area (Å²) in [5, 5.41) is 3.20. The van der Waals surface area contributed by atoms with Crippen LogP contribution in [-0.4, -0.2) is 71.0 Å². The standard InChI is InChI=1S/C11H23N3O3S/c1-14-5-6-17-11(9-14)8-13-18(15,16)7-4-12-10-2-3-10/h10-13H,2-9H2,1H3. The molecule has 2 fully saturated rings. The van der Waals surface area contributed by atoms with E-state index >= 15 is 0 Å². The number of nitrogens with zero attached hydrogens (tertiary/aromatic N) is 1. The molecule has 106 valence electrons. The van der Waals surface area contributed by atoms with Crippen molar-refractivity contribution in [1.82, 2.24) is 14.9 Å². The smallest absolute Gasteiger partial charge is 0.212 e. The van der Waals surface area contributed by atoms with Gasteiger partial charge >= 0.3 is 0 Å². The Balaban J connectivity index is 1.63. The van der Waals surface area contributed by atoms with E-state index < -0.39 is 10.0 Å². The molecule has 0 amide bonds. The summed E-state index contributed by atoms with van der Waals surface area (Å²) in [6.45, 7) is 3.27. The monoisotopic (exact) mass is 277 g/mol. The summed E-state index contributed by atoms with van der Waals surface area (Å²) in [5.41, 5.74) is 0. The predicted octanol–water partition coefficient (Wildman–Crippen LogP) is -1.01. The van der Waals surface area contributed by atoms with E-state index in [2.05, 4.69) is 14.9 Å². The van der Waals surface area contributed by atoms with Crippen molar-refractivity contribution in [2.45, 2.75) is 25.0 Å². The van der Waals surface area contributed by atoms with Gasteiger partial charge in [-0.3, -0.25) is 0 Å². The largest absolute Gasteiger partial charge is 0.374 e. The molecule has 1 saturated carbocycles. The van der Waals surface area contributed by atoms with Gasteiger partial charge in [-0.1, -0.05) is 0 Å². The zero-order chi connectivity index (χ0) is 13.0.